The number of rotatable bonds is 4. The molecule has 0 fully saturated rings. The van der Waals surface area contributed by atoms with Crippen molar-refractivity contribution < 1.29 is 14.3 Å². The van der Waals surface area contributed by atoms with Crippen LogP contribution in [0.15, 0.2) is 32.4 Å². The van der Waals surface area contributed by atoms with Crippen LogP contribution in [-0.2, 0) is 14.3 Å². The third kappa shape index (κ3) is 3.17. The molecule has 26 heavy (non-hydrogen) atoms. The summed E-state index contributed by atoms with van der Waals surface area (Å²) in [6.07, 6.45) is 3.20. The number of thioether (sulfide) groups is 1. The number of ether oxygens (including phenoxy) is 1. The summed E-state index contributed by atoms with van der Waals surface area (Å²) in [5, 5.41) is 14.1. The molecule has 138 valence electrons. The minimum atomic E-state index is -0.352. The lowest BCUT2D eigenvalue weighted by atomic mass is 9.84. The Morgan fingerprint density at radius 3 is 3.12 bits per heavy atom. The second kappa shape index (κ2) is 6.75. The first-order valence-corrected chi connectivity index (χ1v) is 10.2. The van der Waals surface area contributed by atoms with Gasteiger partial charge < -0.3 is 10.1 Å². The molecule has 1 N–H and O–H groups in total. The number of hydrogen-bond donors (Lipinski definition) is 1. The van der Waals surface area contributed by atoms with Gasteiger partial charge in [-0.25, -0.2) is 9.99 Å². The molecule has 0 saturated heterocycles. The highest BCUT2D eigenvalue weighted by Gasteiger charge is 2.49. The highest BCUT2D eigenvalue weighted by molar-refractivity contribution is 8.04. The van der Waals surface area contributed by atoms with E-state index in [9.17, 15) is 9.59 Å². The maximum Gasteiger partial charge on any atom is 0.254 e. The Morgan fingerprint density at radius 2 is 2.38 bits per heavy atom. The van der Waals surface area contributed by atoms with Crippen LogP contribution in [0.1, 0.15) is 26.7 Å². The minimum absolute atomic E-state index is 0.167. The highest BCUT2D eigenvalue weighted by Crippen LogP contribution is 2.51. The van der Waals surface area contributed by atoms with Crippen molar-refractivity contribution in [2.24, 2.45) is 16.3 Å². The van der Waals surface area contributed by atoms with Gasteiger partial charge in [0.05, 0.1) is 18.1 Å². The standard InChI is InChI=1S/C16H19N5O3S2/c1-3-16(2)6-9-10(8-24-16)26-13-12(9)14(23)21(20-19-13)7-11(22)18-15-17-4-5-25-15/h4-5,12-13H,3,6-8H2,1-2H3,(H,17,18,22)/t12-,13-,16+/m1/s1. The van der Waals surface area contributed by atoms with Crippen LogP contribution in [0.5, 0.6) is 0 Å². The lowest BCUT2D eigenvalue weighted by Gasteiger charge is -2.35. The van der Waals surface area contributed by atoms with E-state index in [1.54, 1.807) is 23.3 Å². The maximum atomic E-state index is 13.0. The molecule has 0 spiro atoms. The van der Waals surface area contributed by atoms with Crippen LogP contribution in [0, 0.1) is 5.92 Å². The molecular formula is C16H19N5O3S2. The van der Waals surface area contributed by atoms with E-state index in [4.69, 9.17) is 4.74 Å². The highest BCUT2D eigenvalue weighted by atomic mass is 32.2. The molecule has 8 nitrogen and oxygen atoms in total. The third-order valence-electron chi connectivity index (χ3n) is 4.91. The van der Waals surface area contributed by atoms with E-state index in [0.29, 0.717) is 18.2 Å². The predicted molar refractivity (Wildman–Crippen MR) is 98.5 cm³/mol. The van der Waals surface area contributed by atoms with E-state index in [1.165, 1.54) is 16.3 Å². The largest absolute Gasteiger partial charge is 0.370 e. The number of nitrogens with one attached hydrogen (secondary N) is 1. The molecule has 4 heterocycles. The van der Waals surface area contributed by atoms with Gasteiger partial charge in [0.15, 0.2) is 5.13 Å². The van der Waals surface area contributed by atoms with Crippen LogP contribution in [0.3, 0.4) is 0 Å². The van der Waals surface area contributed by atoms with Gasteiger partial charge in [-0.2, -0.15) is 5.11 Å². The molecule has 1 aromatic heterocycles. The van der Waals surface area contributed by atoms with Gasteiger partial charge in [-0.3, -0.25) is 9.59 Å². The molecule has 0 bridgehead atoms. The molecule has 10 heteroatoms. The average molecular weight is 393 g/mol. The number of nitrogens with zero attached hydrogens (tertiary/aromatic N) is 4. The predicted octanol–water partition coefficient (Wildman–Crippen LogP) is 2.82. The van der Waals surface area contributed by atoms with E-state index >= 15 is 0 Å². The molecule has 0 aromatic carbocycles. The Morgan fingerprint density at radius 1 is 1.54 bits per heavy atom. The van der Waals surface area contributed by atoms with Gasteiger partial charge in [0.2, 0.25) is 5.91 Å². The lowest BCUT2D eigenvalue weighted by Crippen LogP contribution is -2.44. The molecular weight excluding hydrogens is 374 g/mol. The molecule has 2 amide bonds. The van der Waals surface area contributed by atoms with E-state index in [1.807, 2.05) is 0 Å². The number of anilines is 1. The first-order valence-electron chi connectivity index (χ1n) is 8.43. The summed E-state index contributed by atoms with van der Waals surface area (Å²) >= 11 is 2.88. The van der Waals surface area contributed by atoms with E-state index in [0.717, 1.165) is 16.9 Å². The van der Waals surface area contributed by atoms with Gasteiger partial charge in [-0.15, -0.1) is 11.3 Å². The molecule has 0 unspecified atom stereocenters. The van der Waals surface area contributed by atoms with Crippen molar-refractivity contribution in [1.82, 2.24) is 9.99 Å². The van der Waals surface area contributed by atoms with Crippen LogP contribution in [-0.4, -0.2) is 45.9 Å². The van der Waals surface area contributed by atoms with Gasteiger partial charge in [0, 0.05) is 16.5 Å². The molecule has 4 rings (SSSR count). The molecule has 3 aliphatic rings. The number of fused-ring (bicyclic) bond motifs is 2. The summed E-state index contributed by atoms with van der Waals surface area (Å²) in [6, 6.07) is 0. The zero-order chi connectivity index (χ0) is 18.3. The fourth-order valence-electron chi connectivity index (χ4n) is 3.26. The van der Waals surface area contributed by atoms with Crippen molar-refractivity contribution in [2.75, 3.05) is 18.5 Å². The molecule has 0 aliphatic carbocycles. The zero-order valence-corrected chi connectivity index (χ0v) is 16.1. The first kappa shape index (κ1) is 17.6. The van der Waals surface area contributed by atoms with Crippen LogP contribution >= 0.6 is 23.1 Å². The van der Waals surface area contributed by atoms with Crippen molar-refractivity contribution in [1.29, 1.82) is 0 Å². The first-order chi connectivity index (χ1) is 12.5. The summed E-state index contributed by atoms with van der Waals surface area (Å²) in [7, 11) is 0. The second-order valence-electron chi connectivity index (χ2n) is 6.69. The van der Waals surface area contributed by atoms with Gasteiger partial charge in [-0.05, 0) is 25.3 Å². The summed E-state index contributed by atoms with van der Waals surface area (Å²) < 4.78 is 5.97. The van der Waals surface area contributed by atoms with Gasteiger partial charge in [0.1, 0.15) is 11.9 Å². The normalized spacial score (nSPS) is 30.4. The number of thiazole rings is 1. The second-order valence-corrected chi connectivity index (χ2v) is 8.80. The number of amides is 2. The summed E-state index contributed by atoms with van der Waals surface area (Å²) in [4.78, 5) is 30.3. The van der Waals surface area contributed by atoms with Gasteiger partial charge in [0.25, 0.3) is 5.91 Å². The summed E-state index contributed by atoms with van der Waals surface area (Å²) in [5.41, 5.74) is 0.848. The van der Waals surface area contributed by atoms with Crippen molar-refractivity contribution in [2.45, 2.75) is 37.7 Å². The monoisotopic (exact) mass is 393 g/mol. The maximum absolute atomic E-state index is 13.0. The molecule has 1 aromatic rings. The number of carbonyl (C=O) groups excluding carboxylic acids is 2. The number of aromatic nitrogens is 1. The fraction of sp³-hybridized carbons (Fsp3) is 0.562. The Labute approximate surface area is 159 Å². The van der Waals surface area contributed by atoms with Crippen LogP contribution in [0.25, 0.3) is 0 Å². The molecule has 0 saturated carbocycles. The van der Waals surface area contributed by atoms with Crippen molar-refractivity contribution in [3.63, 3.8) is 0 Å². The average Bonchev–Trinajstić information content (AvgIpc) is 3.24. The summed E-state index contributed by atoms with van der Waals surface area (Å²) in [5.74, 6) is -0.858. The van der Waals surface area contributed by atoms with E-state index < -0.39 is 0 Å². The number of hydrogen-bond acceptors (Lipinski definition) is 8. The van der Waals surface area contributed by atoms with Gasteiger partial charge >= 0.3 is 0 Å². The molecule has 3 atom stereocenters. The van der Waals surface area contributed by atoms with E-state index in [2.05, 4.69) is 34.5 Å². The third-order valence-corrected chi connectivity index (χ3v) is 6.87. The Bertz CT molecular complexity index is 794. The van der Waals surface area contributed by atoms with Crippen LogP contribution in [0.2, 0.25) is 0 Å². The van der Waals surface area contributed by atoms with Crippen molar-refractivity contribution in [3.8, 4) is 0 Å². The van der Waals surface area contributed by atoms with Crippen molar-refractivity contribution in [3.05, 3.63) is 22.1 Å². The molecule has 0 radical (unpaired) electrons. The van der Waals surface area contributed by atoms with Crippen LogP contribution in [0.4, 0.5) is 5.13 Å². The van der Waals surface area contributed by atoms with Crippen molar-refractivity contribution >= 4 is 40.0 Å². The molecule has 3 aliphatic heterocycles. The minimum Gasteiger partial charge on any atom is -0.370 e. The quantitative estimate of drug-likeness (QED) is 0.848. The zero-order valence-electron chi connectivity index (χ0n) is 14.5. The smallest absolute Gasteiger partial charge is 0.254 e. The van der Waals surface area contributed by atoms with Gasteiger partial charge in [-0.1, -0.05) is 23.9 Å². The lowest BCUT2D eigenvalue weighted by molar-refractivity contribution is -0.139. The topological polar surface area (TPSA) is 96.2 Å². The Kier molecular flexibility index (Phi) is 4.57. The fourth-order valence-corrected chi connectivity index (χ4v) is 5.08. The number of carbonyl (C=O) groups is 2. The SMILES string of the molecule is CC[C@@]1(C)CC2=C(CO1)S[C@H]1N=NN(CC(=O)Nc3nccs3)C(=O)[C@H]21. The van der Waals surface area contributed by atoms with Crippen LogP contribution < -0.4 is 5.32 Å². The van der Waals surface area contributed by atoms with E-state index in [-0.39, 0.29) is 35.3 Å². The summed E-state index contributed by atoms with van der Waals surface area (Å²) in [6.45, 7) is 4.51. The Hall–Kier alpha value is -1.78. The Balaban J connectivity index is 1.48.